The predicted octanol–water partition coefficient (Wildman–Crippen LogP) is 3.02. The van der Waals surface area contributed by atoms with E-state index in [1.807, 2.05) is 12.3 Å². The van der Waals surface area contributed by atoms with Gasteiger partial charge in [0.2, 0.25) is 5.92 Å². The summed E-state index contributed by atoms with van der Waals surface area (Å²) >= 11 is 1.50. The van der Waals surface area contributed by atoms with Gasteiger partial charge in [0.15, 0.2) is 5.16 Å². The number of thioether (sulfide) groups is 1. The van der Waals surface area contributed by atoms with E-state index in [2.05, 4.69) is 20.2 Å². The summed E-state index contributed by atoms with van der Waals surface area (Å²) in [6, 6.07) is 2.00. The molecule has 0 radical (unpaired) electrons. The third kappa shape index (κ3) is 3.18. The summed E-state index contributed by atoms with van der Waals surface area (Å²) in [5, 5.41) is 4.05. The highest BCUT2D eigenvalue weighted by Crippen LogP contribution is 2.40. The fourth-order valence-electron chi connectivity index (χ4n) is 3.63. The van der Waals surface area contributed by atoms with E-state index in [4.69, 9.17) is 4.74 Å². The average molecular weight is 356 g/mol. The lowest BCUT2D eigenvalue weighted by Gasteiger charge is -2.55. The van der Waals surface area contributed by atoms with Crippen LogP contribution in [0.25, 0.3) is 0 Å². The molecule has 2 aliphatic heterocycles. The van der Waals surface area contributed by atoms with Crippen LogP contribution < -0.4 is 10.2 Å². The molecule has 1 saturated carbocycles. The molecule has 0 aromatic carbocycles. The van der Waals surface area contributed by atoms with Crippen molar-refractivity contribution in [1.82, 2.24) is 9.97 Å². The van der Waals surface area contributed by atoms with Crippen LogP contribution in [0.5, 0.6) is 0 Å². The Kier molecular flexibility index (Phi) is 4.07. The highest BCUT2D eigenvalue weighted by atomic mass is 32.2. The van der Waals surface area contributed by atoms with Gasteiger partial charge in [0.1, 0.15) is 11.6 Å². The number of alkyl halides is 2. The molecule has 1 aliphatic carbocycles. The lowest BCUT2D eigenvalue weighted by atomic mass is 9.78. The number of nitrogens with zero attached hydrogens (tertiary/aromatic N) is 3. The summed E-state index contributed by atoms with van der Waals surface area (Å²) in [7, 11) is 0. The molecule has 132 valence electrons. The highest BCUT2D eigenvalue weighted by Gasteiger charge is 2.49. The summed E-state index contributed by atoms with van der Waals surface area (Å²) in [6.45, 7) is 3.61. The molecule has 0 atom stereocenters. The van der Waals surface area contributed by atoms with Crippen molar-refractivity contribution < 1.29 is 13.5 Å². The van der Waals surface area contributed by atoms with Crippen molar-refractivity contribution in [3.8, 4) is 0 Å². The van der Waals surface area contributed by atoms with Gasteiger partial charge in [-0.15, -0.1) is 0 Å². The summed E-state index contributed by atoms with van der Waals surface area (Å²) in [4.78, 5) is 11.3. The van der Waals surface area contributed by atoms with Crippen molar-refractivity contribution >= 4 is 23.4 Å². The normalized spacial score (nSPS) is 25.2. The predicted molar refractivity (Wildman–Crippen MR) is 90.1 cm³/mol. The standard InChI is InChI=1S/C16H22F2N4OS/c1-24-14-20-12(19-11-2-4-16(17,18)5-3-11)6-13(21-14)22-7-15(8-22)9-23-10-15/h6,11H,2-5,7-10H2,1H3,(H,19,20,21). The van der Waals surface area contributed by atoms with Crippen molar-refractivity contribution in [1.29, 1.82) is 0 Å². The number of rotatable bonds is 4. The molecule has 3 heterocycles. The quantitative estimate of drug-likeness (QED) is 0.661. The smallest absolute Gasteiger partial charge is 0.248 e. The Morgan fingerprint density at radius 3 is 2.54 bits per heavy atom. The second kappa shape index (κ2) is 5.98. The summed E-state index contributed by atoms with van der Waals surface area (Å²) in [5.41, 5.74) is 0.326. The number of aromatic nitrogens is 2. The first-order chi connectivity index (χ1) is 11.5. The molecule has 3 fully saturated rings. The Hall–Kier alpha value is -1.15. The molecule has 1 spiro atoms. The Bertz CT molecular complexity index is 608. The van der Waals surface area contributed by atoms with Gasteiger partial charge in [0.05, 0.1) is 18.6 Å². The SMILES string of the molecule is CSc1nc(NC2CCC(F)(F)CC2)cc(N2CC3(COC3)C2)n1. The number of hydrogen-bond donors (Lipinski definition) is 1. The van der Waals surface area contributed by atoms with Crippen molar-refractivity contribution in [3.63, 3.8) is 0 Å². The first-order valence-corrected chi connectivity index (χ1v) is 9.60. The molecule has 24 heavy (non-hydrogen) atoms. The summed E-state index contributed by atoms with van der Waals surface area (Å²) in [6.07, 6.45) is 2.80. The van der Waals surface area contributed by atoms with Gasteiger partial charge in [0.25, 0.3) is 0 Å². The Morgan fingerprint density at radius 2 is 1.96 bits per heavy atom. The van der Waals surface area contributed by atoms with Crippen LogP contribution in [-0.4, -0.2) is 54.5 Å². The Labute approximate surface area is 144 Å². The molecule has 5 nitrogen and oxygen atoms in total. The van der Waals surface area contributed by atoms with Crippen LogP contribution in [0.15, 0.2) is 11.2 Å². The van der Waals surface area contributed by atoms with Gasteiger partial charge in [0, 0.05) is 38.0 Å². The zero-order chi connectivity index (χ0) is 16.8. The third-order valence-electron chi connectivity index (χ3n) is 5.14. The van der Waals surface area contributed by atoms with E-state index >= 15 is 0 Å². The maximum Gasteiger partial charge on any atom is 0.248 e. The molecule has 1 aromatic rings. The molecule has 1 aromatic heterocycles. The van der Waals surface area contributed by atoms with Crippen LogP contribution in [0.3, 0.4) is 0 Å². The second-order valence-corrected chi connectivity index (χ2v) is 7.99. The highest BCUT2D eigenvalue weighted by molar-refractivity contribution is 7.98. The van der Waals surface area contributed by atoms with Gasteiger partial charge >= 0.3 is 0 Å². The van der Waals surface area contributed by atoms with Gasteiger partial charge in [-0.1, -0.05) is 11.8 Å². The van der Waals surface area contributed by atoms with E-state index in [9.17, 15) is 8.78 Å². The van der Waals surface area contributed by atoms with Crippen LogP contribution in [-0.2, 0) is 4.74 Å². The maximum atomic E-state index is 13.3. The molecule has 1 N–H and O–H groups in total. The Balaban J connectivity index is 1.44. The van der Waals surface area contributed by atoms with E-state index in [-0.39, 0.29) is 18.9 Å². The van der Waals surface area contributed by atoms with Gasteiger partial charge in [-0.05, 0) is 19.1 Å². The molecule has 3 aliphatic rings. The van der Waals surface area contributed by atoms with Crippen molar-refractivity contribution in [2.75, 3.05) is 42.8 Å². The summed E-state index contributed by atoms with van der Waals surface area (Å²) < 4.78 is 31.9. The molecule has 0 unspecified atom stereocenters. The fraction of sp³-hybridized carbons (Fsp3) is 0.750. The molecule has 0 bridgehead atoms. The molecular weight excluding hydrogens is 334 g/mol. The lowest BCUT2D eigenvalue weighted by molar-refractivity contribution is -0.127. The van der Waals surface area contributed by atoms with Gasteiger partial charge in [-0.2, -0.15) is 0 Å². The minimum Gasteiger partial charge on any atom is -0.380 e. The van der Waals surface area contributed by atoms with Crippen LogP contribution in [0.2, 0.25) is 0 Å². The van der Waals surface area contributed by atoms with Crippen LogP contribution in [0, 0.1) is 5.41 Å². The van der Waals surface area contributed by atoms with E-state index in [0.717, 1.165) is 37.9 Å². The number of halogens is 2. The number of nitrogens with one attached hydrogen (secondary N) is 1. The van der Waals surface area contributed by atoms with E-state index in [1.54, 1.807) is 0 Å². The molecule has 8 heteroatoms. The van der Waals surface area contributed by atoms with E-state index in [1.165, 1.54) is 11.8 Å². The average Bonchev–Trinajstić information content (AvgIpc) is 2.46. The fourth-order valence-corrected chi connectivity index (χ4v) is 4.01. The van der Waals surface area contributed by atoms with Crippen molar-refractivity contribution in [2.24, 2.45) is 5.41 Å². The second-order valence-electron chi connectivity index (χ2n) is 7.22. The molecule has 2 saturated heterocycles. The van der Waals surface area contributed by atoms with Crippen LogP contribution in [0.4, 0.5) is 20.4 Å². The van der Waals surface area contributed by atoms with E-state index in [0.29, 0.717) is 23.4 Å². The largest absolute Gasteiger partial charge is 0.380 e. The van der Waals surface area contributed by atoms with Crippen molar-refractivity contribution in [3.05, 3.63) is 6.07 Å². The Morgan fingerprint density at radius 1 is 1.25 bits per heavy atom. The van der Waals surface area contributed by atoms with Crippen LogP contribution in [0.1, 0.15) is 25.7 Å². The monoisotopic (exact) mass is 356 g/mol. The maximum absolute atomic E-state index is 13.3. The number of hydrogen-bond acceptors (Lipinski definition) is 6. The molecular formula is C16H22F2N4OS. The van der Waals surface area contributed by atoms with Crippen molar-refractivity contribution in [2.45, 2.75) is 42.8 Å². The van der Waals surface area contributed by atoms with Gasteiger partial charge < -0.3 is 15.0 Å². The van der Waals surface area contributed by atoms with Gasteiger partial charge in [-0.25, -0.2) is 18.7 Å². The zero-order valence-corrected chi connectivity index (χ0v) is 14.5. The summed E-state index contributed by atoms with van der Waals surface area (Å²) in [5.74, 6) is -0.850. The van der Waals surface area contributed by atoms with Crippen LogP contribution >= 0.6 is 11.8 Å². The van der Waals surface area contributed by atoms with E-state index < -0.39 is 5.92 Å². The number of anilines is 2. The minimum atomic E-state index is -2.50. The third-order valence-corrected chi connectivity index (χ3v) is 5.68. The van der Waals surface area contributed by atoms with Gasteiger partial charge in [-0.3, -0.25) is 0 Å². The topological polar surface area (TPSA) is 50.3 Å². The minimum absolute atomic E-state index is 0.0490. The molecule has 0 amide bonds. The molecule has 4 rings (SSSR count). The first-order valence-electron chi connectivity index (χ1n) is 8.37. The number of ether oxygens (including phenoxy) is 1. The first kappa shape index (κ1) is 16.3. The lowest BCUT2D eigenvalue weighted by Crippen LogP contribution is -2.66. The zero-order valence-electron chi connectivity index (χ0n) is 13.7.